The highest BCUT2D eigenvalue weighted by molar-refractivity contribution is 5.91. The SMILES string of the molecule is Cc1noc([C@H]2C[C@H]3CN(C(=O)c4ccco4)CC[C@@H]3O2)n1. The number of amides is 1. The van der Waals surface area contributed by atoms with Crippen LogP contribution in [-0.2, 0) is 4.74 Å². The van der Waals surface area contributed by atoms with Gasteiger partial charge in [0, 0.05) is 19.0 Å². The Morgan fingerprint density at radius 2 is 2.36 bits per heavy atom. The monoisotopic (exact) mass is 303 g/mol. The molecule has 0 spiro atoms. The maximum absolute atomic E-state index is 12.4. The Balaban J connectivity index is 1.44. The molecule has 0 unspecified atom stereocenters. The molecule has 0 aliphatic carbocycles. The fourth-order valence-electron chi connectivity index (χ4n) is 3.30. The normalized spacial score (nSPS) is 27.9. The molecule has 2 fully saturated rings. The smallest absolute Gasteiger partial charge is 0.289 e. The molecule has 2 aromatic rings. The van der Waals surface area contributed by atoms with Gasteiger partial charge in [0.15, 0.2) is 11.6 Å². The second kappa shape index (κ2) is 5.24. The Kier molecular flexibility index (Phi) is 3.22. The minimum atomic E-state index is -0.158. The zero-order chi connectivity index (χ0) is 15.1. The van der Waals surface area contributed by atoms with Crippen LogP contribution in [0, 0.1) is 12.8 Å². The third-order valence-electron chi connectivity index (χ3n) is 4.36. The van der Waals surface area contributed by atoms with Crippen LogP contribution < -0.4 is 0 Å². The van der Waals surface area contributed by atoms with E-state index in [9.17, 15) is 4.79 Å². The first kappa shape index (κ1) is 13.5. The highest BCUT2D eigenvalue weighted by Gasteiger charge is 2.42. The van der Waals surface area contributed by atoms with E-state index in [0.717, 1.165) is 12.8 Å². The molecule has 116 valence electrons. The molecular weight excluding hydrogens is 286 g/mol. The van der Waals surface area contributed by atoms with Crippen LogP contribution in [0.15, 0.2) is 27.3 Å². The summed E-state index contributed by atoms with van der Waals surface area (Å²) in [6, 6.07) is 3.43. The van der Waals surface area contributed by atoms with E-state index in [1.165, 1.54) is 6.26 Å². The van der Waals surface area contributed by atoms with Crippen LogP contribution in [-0.4, -0.2) is 40.1 Å². The van der Waals surface area contributed by atoms with Crippen molar-refractivity contribution in [1.29, 1.82) is 0 Å². The summed E-state index contributed by atoms with van der Waals surface area (Å²) in [7, 11) is 0. The van der Waals surface area contributed by atoms with Gasteiger partial charge >= 0.3 is 0 Å². The van der Waals surface area contributed by atoms with Gasteiger partial charge in [0.05, 0.1) is 12.4 Å². The standard InChI is InChI=1S/C15H17N3O4/c1-9-16-14(22-17-9)13-7-10-8-18(5-4-11(10)21-13)15(19)12-3-2-6-20-12/h2-3,6,10-11,13H,4-5,7-8H2,1H3/t10-,11-,13+/m0/s1. The van der Waals surface area contributed by atoms with Crippen molar-refractivity contribution >= 4 is 5.91 Å². The third-order valence-corrected chi connectivity index (χ3v) is 4.36. The molecule has 1 amide bonds. The molecule has 22 heavy (non-hydrogen) atoms. The molecule has 7 heteroatoms. The van der Waals surface area contributed by atoms with E-state index in [0.29, 0.717) is 36.5 Å². The predicted molar refractivity (Wildman–Crippen MR) is 74.0 cm³/mol. The van der Waals surface area contributed by atoms with Gasteiger partial charge in [-0.3, -0.25) is 4.79 Å². The van der Waals surface area contributed by atoms with Crippen LogP contribution in [0.2, 0.25) is 0 Å². The molecule has 4 heterocycles. The van der Waals surface area contributed by atoms with Gasteiger partial charge in [0.1, 0.15) is 6.10 Å². The van der Waals surface area contributed by atoms with Crippen LogP contribution in [0.1, 0.15) is 41.2 Å². The second-order valence-corrected chi connectivity index (χ2v) is 5.86. The highest BCUT2D eigenvalue weighted by Crippen LogP contribution is 2.40. The number of aromatic nitrogens is 2. The number of hydrogen-bond donors (Lipinski definition) is 0. The van der Waals surface area contributed by atoms with Gasteiger partial charge in [-0.2, -0.15) is 4.98 Å². The molecule has 2 saturated heterocycles. The fourth-order valence-corrected chi connectivity index (χ4v) is 3.30. The molecule has 4 rings (SSSR count). The third kappa shape index (κ3) is 2.31. The summed E-state index contributed by atoms with van der Waals surface area (Å²) in [4.78, 5) is 18.4. The molecule has 2 aliphatic rings. The van der Waals surface area contributed by atoms with Crippen molar-refractivity contribution in [2.75, 3.05) is 13.1 Å². The van der Waals surface area contributed by atoms with Crippen LogP contribution >= 0.6 is 0 Å². The largest absolute Gasteiger partial charge is 0.459 e. The fraction of sp³-hybridized carbons (Fsp3) is 0.533. The Bertz CT molecular complexity index is 666. The molecular formula is C15H17N3O4. The topological polar surface area (TPSA) is 81.6 Å². The maximum atomic E-state index is 12.4. The van der Waals surface area contributed by atoms with Crippen molar-refractivity contribution in [1.82, 2.24) is 15.0 Å². The molecule has 2 aliphatic heterocycles. The molecule has 7 nitrogen and oxygen atoms in total. The first-order valence-electron chi connectivity index (χ1n) is 7.49. The van der Waals surface area contributed by atoms with Gasteiger partial charge < -0.3 is 18.6 Å². The lowest BCUT2D eigenvalue weighted by Gasteiger charge is -2.33. The lowest BCUT2D eigenvalue weighted by Crippen LogP contribution is -2.44. The predicted octanol–water partition coefficient (Wildman–Crippen LogP) is 1.96. The number of carbonyl (C=O) groups excluding carboxylic acids is 1. The van der Waals surface area contributed by atoms with E-state index in [1.807, 2.05) is 4.90 Å². The first-order valence-corrected chi connectivity index (χ1v) is 7.49. The Morgan fingerprint density at radius 1 is 1.45 bits per heavy atom. The summed E-state index contributed by atoms with van der Waals surface area (Å²) in [5.41, 5.74) is 0. The minimum Gasteiger partial charge on any atom is -0.459 e. The number of nitrogens with zero attached hydrogens (tertiary/aromatic N) is 3. The van der Waals surface area contributed by atoms with Crippen LogP contribution in [0.5, 0.6) is 0 Å². The number of rotatable bonds is 2. The molecule has 0 radical (unpaired) electrons. The maximum Gasteiger partial charge on any atom is 0.289 e. The van der Waals surface area contributed by atoms with Gasteiger partial charge in [-0.05, 0) is 31.9 Å². The summed E-state index contributed by atoms with van der Waals surface area (Å²) in [6.45, 7) is 3.14. The number of likely N-dealkylation sites (tertiary alicyclic amines) is 1. The molecule has 3 atom stereocenters. The van der Waals surface area contributed by atoms with E-state index in [1.54, 1.807) is 19.1 Å². The summed E-state index contributed by atoms with van der Waals surface area (Å²) in [5, 5.41) is 3.81. The number of hydrogen-bond acceptors (Lipinski definition) is 6. The molecule has 0 saturated carbocycles. The van der Waals surface area contributed by atoms with E-state index >= 15 is 0 Å². The van der Waals surface area contributed by atoms with Gasteiger partial charge in [-0.1, -0.05) is 5.16 Å². The van der Waals surface area contributed by atoms with E-state index < -0.39 is 0 Å². The Hall–Kier alpha value is -2.15. The summed E-state index contributed by atoms with van der Waals surface area (Å²) in [6.07, 6.45) is 3.13. The highest BCUT2D eigenvalue weighted by atomic mass is 16.5. The molecule has 0 aromatic carbocycles. The average Bonchev–Trinajstić information content (AvgIpc) is 3.25. The van der Waals surface area contributed by atoms with Gasteiger partial charge in [0.25, 0.3) is 11.8 Å². The van der Waals surface area contributed by atoms with E-state index in [4.69, 9.17) is 13.7 Å². The Morgan fingerprint density at radius 3 is 3.09 bits per heavy atom. The van der Waals surface area contributed by atoms with Crippen molar-refractivity contribution in [3.05, 3.63) is 35.9 Å². The zero-order valence-corrected chi connectivity index (χ0v) is 12.3. The van der Waals surface area contributed by atoms with Crippen molar-refractivity contribution in [3.8, 4) is 0 Å². The molecule has 0 N–H and O–H groups in total. The van der Waals surface area contributed by atoms with Crippen molar-refractivity contribution in [2.45, 2.75) is 32.0 Å². The Labute approximate surface area is 127 Å². The number of ether oxygens (including phenoxy) is 1. The zero-order valence-electron chi connectivity index (χ0n) is 12.3. The lowest BCUT2D eigenvalue weighted by molar-refractivity contribution is -0.00825. The summed E-state index contributed by atoms with van der Waals surface area (Å²) < 4.78 is 16.4. The van der Waals surface area contributed by atoms with Crippen LogP contribution in [0.25, 0.3) is 0 Å². The number of fused-ring (bicyclic) bond motifs is 1. The minimum absolute atomic E-state index is 0.0551. The quantitative estimate of drug-likeness (QED) is 0.843. The van der Waals surface area contributed by atoms with Crippen molar-refractivity contribution in [2.24, 2.45) is 5.92 Å². The number of aryl methyl sites for hydroxylation is 1. The van der Waals surface area contributed by atoms with Gasteiger partial charge in [-0.25, -0.2) is 0 Å². The van der Waals surface area contributed by atoms with Crippen LogP contribution in [0.3, 0.4) is 0 Å². The number of carbonyl (C=O) groups is 1. The second-order valence-electron chi connectivity index (χ2n) is 5.86. The van der Waals surface area contributed by atoms with Gasteiger partial charge in [-0.15, -0.1) is 0 Å². The molecule has 2 aromatic heterocycles. The van der Waals surface area contributed by atoms with Crippen molar-refractivity contribution < 1.29 is 18.5 Å². The number of furan rings is 1. The lowest BCUT2D eigenvalue weighted by atomic mass is 9.92. The van der Waals surface area contributed by atoms with Gasteiger partial charge in [0.2, 0.25) is 0 Å². The van der Waals surface area contributed by atoms with Crippen molar-refractivity contribution in [3.63, 3.8) is 0 Å². The van der Waals surface area contributed by atoms with E-state index in [2.05, 4.69) is 10.1 Å². The summed E-state index contributed by atoms with van der Waals surface area (Å²) >= 11 is 0. The summed E-state index contributed by atoms with van der Waals surface area (Å²) in [5.74, 6) is 1.78. The average molecular weight is 303 g/mol. The van der Waals surface area contributed by atoms with E-state index in [-0.39, 0.29) is 18.1 Å². The first-order chi connectivity index (χ1) is 10.7. The molecule has 0 bridgehead atoms. The number of piperidine rings is 1. The van der Waals surface area contributed by atoms with Crippen LogP contribution in [0.4, 0.5) is 0 Å².